The lowest BCUT2D eigenvalue weighted by Crippen LogP contribution is -2.28. The molecular formula is C16H17ClFNO3S. The molecule has 2 rings (SSSR count). The molecule has 0 aliphatic rings. The van der Waals surface area contributed by atoms with Crippen molar-refractivity contribution in [3.8, 4) is 5.75 Å². The summed E-state index contributed by atoms with van der Waals surface area (Å²) in [5.74, 6) is 0.0601. The Kier molecular flexibility index (Phi) is 5.62. The number of aryl methyl sites for hydroxylation is 2. The normalized spacial score (nSPS) is 11.5. The van der Waals surface area contributed by atoms with E-state index < -0.39 is 15.8 Å². The Morgan fingerprint density at radius 3 is 2.61 bits per heavy atom. The van der Waals surface area contributed by atoms with Crippen molar-refractivity contribution < 1.29 is 17.5 Å². The summed E-state index contributed by atoms with van der Waals surface area (Å²) in [6, 6.07) is 9.00. The second-order valence-electron chi connectivity index (χ2n) is 5.09. The Bertz CT molecular complexity index is 809. The van der Waals surface area contributed by atoms with E-state index in [2.05, 4.69) is 4.72 Å². The third-order valence-corrected chi connectivity index (χ3v) is 4.95. The lowest BCUT2D eigenvalue weighted by atomic mass is 10.2. The van der Waals surface area contributed by atoms with Crippen molar-refractivity contribution in [1.29, 1.82) is 0 Å². The Balaban J connectivity index is 1.94. The van der Waals surface area contributed by atoms with Gasteiger partial charge in [0.2, 0.25) is 10.0 Å². The monoisotopic (exact) mass is 357 g/mol. The van der Waals surface area contributed by atoms with E-state index in [9.17, 15) is 12.8 Å². The van der Waals surface area contributed by atoms with E-state index in [1.165, 1.54) is 19.1 Å². The van der Waals surface area contributed by atoms with Crippen molar-refractivity contribution in [3.05, 3.63) is 58.4 Å². The Morgan fingerprint density at radius 1 is 1.17 bits per heavy atom. The van der Waals surface area contributed by atoms with Gasteiger partial charge in [-0.25, -0.2) is 17.5 Å². The fourth-order valence-electron chi connectivity index (χ4n) is 1.93. The second-order valence-corrected chi connectivity index (χ2v) is 7.27. The molecule has 124 valence electrons. The molecule has 0 heterocycles. The highest BCUT2D eigenvalue weighted by atomic mass is 35.5. The molecule has 0 spiro atoms. The van der Waals surface area contributed by atoms with Gasteiger partial charge < -0.3 is 4.74 Å². The summed E-state index contributed by atoms with van der Waals surface area (Å²) in [4.78, 5) is 0.0185. The lowest BCUT2D eigenvalue weighted by molar-refractivity contribution is 0.323. The fourth-order valence-corrected chi connectivity index (χ4v) is 3.20. The van der Waals surface area contributed by atoms with Gasteiger partial charge in [-0.3, -0.25) is 0 Å². The van der Waals surface area contributed by atoms with Crippen LogP contribution >= 0.6 is 11.6 Å². The third-order valence-electron chi connectivity index (χ3n) is 3.18. The van der Waals surface area contributed by atoms with Crippen molar-refractivity contribution in [2.45, 2.75) is 18.7 Å². The third kappa shape index (κ3) is 4.67. The van der Waals surface area contributed by atoms with Crippen molar-refractivity contribution in [2.75, 3.05) is 13.2 Å². The van der Waals surface area contributed by atoms with E-state index in [-0.39, 0.29) is 23.6 Å². The molecule has 0 aromatic heterocycles. The number of benzene rings is 2. The summed E-state index contributed by atoms with van der Waals surface area (Å²) in [5.41, 5.74) is 1.27. The van der Waals surface area contributed by atoms with Gasteiger partial charge in [0.05, 0.1) is 9.92 Å². The van der Waals surface area contributed by atoms with Gasteiger partial charge in [0.15, 0.2) is 0 Å². The Hall–Kier alpha value is -1.63. The number of hydrogen-bond acceptors (Lipinski definition) is 3. The Morgan fingerprint density at radius 2 is 1.91 bits per heavy atom. The Labute approximate surface area is 140 Å². The molecule has 0 aliphatic carbocycles. The minimum absolute atomic E-state index is 0.0185. The van der Waals surface area contributed by atoms with Gasteiger partial charge in [0.1, 0.15) is 18.2 Å². The van der Waals surface area contributed by atoms with Crippen LogP contribution in [0.15, 0.2) is 41.3 Å². The van der Waals surface area contributed by atoms with E-state index in [4.69, 9.17) is 16.3 Å². The van der Waals surface area contributed by atoms with Gasteiger partial charge in [0, 0.05) is 6.54 Å². The summed E-state index contributed by atoms with van der Waals surface area (Å²) in [6.45, 7) is 3.62. The smallest absolute Gasteiger partial charge is 0.240 e. The molecule has 23 heavy (non-hydrogen) atoms. The summed E-state index contributed by atoms with van der Waals surface area (Å²) < 4.78 is 45.3. The maximum absolute atomic E-state index is 13.2. The zero-order chi connectivity index (χ0) is 17.0. The molecule has 0 atom stereocenters. The van der Waals surface area contributed by atoms with E-state index in [1.54, 1.807) is 12.1 Å². The van der Waals surface area contributed by atoms with Gasteiger partial charge in [-0.15, -0.1) is 0 Å². The fraction of sp³-hybridized carbons (Fsp3) is 0.250. The molecule has 0 amide bonds. The molecule has 4 nitrogen and oxygen atoms in total. The van der Waals surface area contributed by atoms with Crippen LogP contribution in [0.5, 0.6) is 5.75 Å². The largest absolute Gasteiger partial charge is 0.491 e. The molecule has 1 N–H and O–H groups in total. The van der Waals surface area contributed by atoms with Gasteiger partial charge in [-0.2, -0.15) is 0 Å². The van der Waals surface area contributed by atoms with Gasteiger partial charge >= 0.3 is 0 Å². The molecule has 0 bridgehead atoms. The minimum Gasteiger partial charge on any atom is -0.491 e. The van der Waals surface area contributed by atoms with Crippen molar-refractivity contribution in [3.63, 3.8) is 0 Å². The standard InChI is InChI=1S/C16H17ClFNO3S/c1-11-3-5-14(17)16(9-11)22-8-7-19-23(20,21)13-4-6-15(18)12(2)10-13/h3-6,9-10,19H,7-8H2,1-2H3. The summed E-state index contributed by atoms with van der Waals surface area (Å²) in [7, 11) is -3.70. The summed E-state index contributed by atoms with van der Waals surface area (Å²) in [6.07, 6.45) is 0. The van der Waals surface area contributed by atoms with Gasteiger partial charge in [-0.05, 0) is 55.3 Å². The van der Waals surface area contributed by atoms with Gasteiger partial charge in [0.25, 0.3) is 0 Å². The lowest BCUT2D eigenvalue weighted by Gasteiger charge is -2.10. The maximum atomic E-state index is 13.2. The van der Waals surface area contributed by atoms with E-state index in [0.29, 0.717) is 10.8 Å². The van der Waals surface area contributed by atoms with Crippen LogP contribution in [0.4, 0.5) is 4.39 Å². The van der Waals surface area contributed by atoms with Crippen LogP contribution in [0.1, 0.15) is 11.1 Å². The summed E-state index contributed by atoms with van der Waals surface area (Å²) >= 11 is 5.99. The number of hydrogen-bond donors (Lipinski definition) is 1. The van der Waals surface area contributed by atoms with Crippen molar-refractivity contribution >= 4 is 21.6 Å². The highest BCUT2D eigenvalue weighted by Gasteiger charge is 2.14. The topological polar surface area (TPSA) is 55.4 Å². The molecule has 7 heteroatoms. The van der Waals surface area contributed by atoms with Crippen LogP contribution in [0.25, 0.3) is 0 Å². The molecule has 0 fully saturated rings. The van der Waals surface area contributed by atoms with Crippen LogP contribution in [-0.2, 0) is 10.0 Å². The number of halogens is 2. The first-order chi connectivity index (χ1) is 10.8. The van der Waals surface area contributed by atoms with E-state index in [1.807, 2.05) is 13.0 Å². The second kappa shape index (κ2) is 7.29. The van der Waals surface area contributed by atoms with Crippen LogP contribution < -0.4 is 9.46 Å². The minimum atomic E-state index is -3.70. The quantitative estimate of drug-likeness (QED) is 0.805. The highest BCUT2D eigenvalue weighted by Crippen LogP contribution is 2.25. The van der Waals surface area contributed by atoms with Crippen LogP contribution in [0.3, 0.4) is 0 Å². The number of rotatable bonds is 6. The SMILES string of the molecule is Cc1ccc(Cl)c(OCCNS(=O)(=O)c2ccc(F)c(C)c2)c1. The predicted octanol–water partition coefficient (Wildman–Crippen LogP) is 3.45. The molecule has 0 unspecified atom stereocenters. The van der Waals surface area contributed by atoms with Crippen LogP contribution in [0, 0.1) is 19.7 Å². The first kappa shape index (κ1) is 17.7. The van der Waals surface area contributed by atoms with Crippen molar-refractivity contribution in [1.82, 2.24) is 4.72 Å². The van der Waals surface area contributed by atoms with Crippen molar-refractivity contribution in [2.24, 2.45) is 0 Å². The molecular weight excluding hydrogens is 341 g/mol. The first-order valence-electron chi connectivity index (χ1n) is 6.94. The molecule has 2 aromatic carbocycles. The number of nitrogens with one attached hydrogen (secondary N) is 1. The maximum Gasteiger partial charge on any atom is 0.240 e. The molecule has 0 radical (unpaired) electrons. The van der Waals surface area contributed by atoms with E-state index in [0.717, 1.165) is 11.6 Å². The molecule has 0 saturated carbocycles. The molecule has 2 aromatic rings. The molecule has 0 aliphatic heterocycles. The van der Waals surface area contributed by atoms with Crippen LogP contribution in [-0.4, -0.2) is 21.6 Å². The predicted molar refractivity (Wildman–Crippen MR) is 88.0 cm³/mol. The first-order valence-corrected chi connectivity index (χ1v) is 8.80. The zero-order valence-electron chi connectivity index (χ0n) is 12.8. The highest BCUT2D eigenvalue weighted by molar-refractivity contribution is 7.89. The van der Waals surface area contributed by atoms with E-state index >= 15 is 0 Å². The number of sulfonamides is 1. The average Bonchev–Trinajstić information content (AvgIpc) is 2.49. The van der Waals surface area contributed by atoms with Gasteiger partial charge in [-0.1, -0.05) is 17.7 Å². The van der Waals surface area contributed by atoms with Crippen LogP contribution in [0.2, 0.25) is 5.02 Å². The number of ether oxygens (including phenoxy) is 1. The summed E-state index contributed by atoms with van der Waals surface area (Å²) in [5, 5.41) is 0.465. The zero-order valence-corrected chi connectivity index (χ0v) is 14.3. The average molecular weight is 358 g/mol. The molecule has 0 saturated heterocycles.